The van der Waals surface area contributed by atoms with E-state index < -0.39 is 15.8 Å². The van der Waals surface area contributed by atoms with Crippen molar-refractivity contribution in [2.45, 2.75) is 4.90 Å². The Hall–Kier alpha value is -1.50. The summed E-state index contributed by atoms with van der Waals surface area (Å²) in [5.74, 6) is -0.885. The minimum atomic E-state index is -4.00. The summed E-state index contributed by atoms with van der Waals surface area (Å²) >= 11 is 11.5. The van der Waals surface area contributed by atoms with E-state index in [1.807, 2.05) is 0 Å². The highest BCUT2D eigenvalue weighted by atomic mass is 35.5. The first-order valence-electron chi connectivity index (χ1n) is 5.26. The van der Waals surface area contributed by atoms with Crippen molar-refractivity contribution in [1.29, 1.82) is 0 Å². The average molecular weight is 336 g/mol. The Morgan fingerprint density at radius 2 is 1.70 bits per heavy atom. The average Bonchev–Trinajstić information content (AvgIpc) is 2.34. The van der Waals surface area contributed by atoms with Gasteiger partial charge in [-0.15, -0.1) is 0 Å². The van der Waals surface area contributed by atoms with Crippen molar-refractivity contribution in [2.24, 2.45) is 0 Å². The lowest BCUT2D eigenvalue weighted by Gasteiger charge is -2.11. The molecule has 2 aromatic carbocycles. The summed E-state index contributed by atoms with van der Waals surface area (Å²) in [5, 5.41) is 8.96. The van der Waals surface area contributed by atoms with E-state index >= 15 is 0 Å². The van der Waals surface area contributed by atoms with Crippen molar-refractivity contribution >= 4 is 38.9 Å². The molecule has 0 aliphatic rings. The second-order valence-corrected chi connectivity index (χ2v) is 6.34. The summed E-state index contributed by atoms with van der Waals surface area (Å²) in [6.07, 6.45) is 0. The lowest BCUT2D eigenvalue weighted by molar-refractivity contribution is 0.473. The third-order valence-electron chi connectivity index (χ3n) is 2.37. The zero-order valence-electron chi connectivity index (χ0n) is 9.77. The first-order chi connectivity index (χ1) is 9.29. The Labute approximate surface area is 124 Å². The van der Waals surface area contributed by atoms with Crippen molar-refractivity contribution in [3.05, 3.63) is 52.3 Å². The number of phenols is 1. The monoisotopic (exact) mass is 335 g/mol. The van der Waals surface area contributed by atoms with Crippen molar-refractivity contribution in [3.63, 3.8) is 0 Å². The largest absolute Gasteiger partial charge is 0.508 e. The first kappa shape index (κ1) is 14.9. The summed E-state index contributed by atoms with van der Waals surface area (Å²) in [7, 11) is -4.00. The molecule has 0 saturated carbocycles. The first-order valence-corrected chi connectivity index (χ1v) is 7.50. The number of hydrogen-bond acceptors (Lipinski definition) is 3. The van der Waals surface area contributed by atoms with Gasteiger partial charge in [0.05, 0.1) is 20.6 Å². The number of hydrogen-bond donors (Lipinski definition) is 2. The van der Waals surface area contributed by atoms with Crippen LogP contribution in [0.3, 0.4) is 0 Å². The Morgan fingerprint density at radius 1 is 1.10 bits per heavy atom. The molecule has 0 unspecified atom stereocenters. The summed E-state index contributed by atoms with van der Waals surface area (Å²) in [6, 6.07) is 6.93. The maximum Gasteiger partial charge on any atom is 0.262 e. The molecule has 8 heteroatoms. The van der Waals surface area contributed by atoms with E-state index in [0.29, 0.717) is 0 Å². The highest BCUT2D eigenvalue weighted by Crippen LogP contribution is 2.33. The number of sulfonamides is 1. The maximum atomic E-state index is 13.0. The van der Waals surface area contributed by atoms with Crippen LogP contribution < -0.4 is 4.72 Å². The number of nitrogens with one attached hydrogen (secondary N) is 1. The molecular formula is C12H8Cl2FNO3S. The molecule has 2 N–H and O–H groups in total. The van der Waals surface area contributed by atoms with Gasteiger partial charge in [-0.05, 0) is 24.3 Å². The van der Waals surface area contributed by atoms with Gasteiger partial charge < -0.3 is 5.11 Å². The second kappa shape index (κ2) is 5.47. The fourth-order valence-electron chi connectivity index (χ4n) is 1.48. The van der Waals surface area contributed by atoms with E-state index in [-0.39, 0.29) is 26.4 Å². The molecule has 0 radical (unpaired) electrons. The summed E-state index contributed by atoms with van der Waals surface area (Å²) in [4.78, 5) is -0.172. The van der Waals surface area contributed by atoms with E-state index in [0.717, 1.165) is 18.2 Å². The lowest BCUT2D eigenvalue weighted by atomic mass is 10.3. The molecule has 2 rings (SSSR count). The van der Waals surface area contributed by atoms with Crippen LogP contribution in [0.4, 0.5) is 10.1 Å². The van der Waals surface area contributed by atoms with Gasteiger partial charge in [0, 0.05) is 6.07 Å². The van der Waals surface area contributed by atoms with Gasteiger partial charge in [0.2, 0.25) is 0 Å². The maximum absolute atomic E-state index is 13.0. The fraction of sp³-hybridized carbons (Fsp3) is 0. The van der Waals surface area contributed by atoms with Crippen LogP contribution in [0.15, 0.2) is 41.3 Å². The highest BCUT2D eigenvalue weighted by Gasteiger charge is 2.19. The smallest absolute Gasteiger partial charge is 0.262 e. The van der Waals surface area contributed by atoms with Gasteiger partial charge in [-0.2, -0.15) is 0 Å². The van der Waals surface area contributed by atoms with Crippen LogP contribution in [0.1, 0.15) is 0 Å². The Kier molecular flexibility index (Phi) is 4.08. The molecule has 20 heavy (non-hydrogen) atoms. The van der Waals surface area contributed by atoms with Crippen LogP contribution >= 0.6 is 23.2 Å². The van der Waals surface area contributed by atoms with Gasteiger partial charge in [0.25, 0.3) is 10.0 Å². The molecule has 0 heterocycles. The van der Waals surface area contributed by atoms with E-state index in [2.05, 4.69) is 4.72 Å². The molecule has 0 bridgehead atoms. The van der Waals surface area contributed by atoms with Gasteiger partial charge in [0.15, 0.2) is 0 Å². The van der Waals surface area contributed by atoms with Gasteiger partial charge in [0.1, 0.15) is 11.6 Å². The number of aromatic hydroxyl groups is 1. The van der Waals surface area contributed by atoms with Gasteiger partial charge >= 0.3 is 0 Å². The lowest BCUT2D eigenvalue weighted by Crippen LogP contribution is -2.13. The van der Waals surface area contributed by atoms with E-state index in [4.69, 9.17) is 23.2 Å². The third-order valence-corrected chi connectivity index (χ3v) is 4.31. The number of benzene rings is 2. The summed E-state index contributed by atoms with van der Waals surface area (Å²) < 4.78 is 39.4. The summed E-state index contributed by atoms with van der Waals surface area (Å²) in [6.45, 7) is 0. The normalized spacial score (nSPS) is 11.3. The van der Waals surface area contributed by atoms with Crippen molar-refractivity contribution in [3.8, 4) is 5.75 Å². The highest BCUT2D eigenvalue weighted by molar-refractivity contribution is 7.92. The Bertz CT molecular complexity index is 742. The van der Waals surface area contributed by atoms with Gasteiger partial charge in [-0.25, -0.2) is 12.8 Å². The van der Waals surface area contributed by atoms with E-state index in [1.54, 1.807) is 0 Å². The van der Waals surface area contributed by atoms with Crippen LogP contribution in [0, 0.1) is 5.82 Å². The number of phenolic OH excluding ortho intramolecular Hbond substituents is 1. The van der Waals surface area contributed by atoms with Crippen LogP contribution in [-0.4, -0.2) is 13.5 Å². The molecule has 0 aromatic heterocycles. The zero-order chi connectivity index (χ0) is 14.9. The second-order valence-electron chi connectivity index (χ2n) is 3.85. The summed E-state index contributed by atoms with van der Waals surface area (Å²) in [5.41, 5.74) is -0.127. The van der Waals surface area contributed by atoms with Crippen molar-refractivity contribution < 1.29 is 17.9 Å². The molecule has 106 valence electrons. The molecule has 0 fully saturated rings. The van der Waals surface area contributed by atoms with Crippen molar-refractivity contribution in [2.75, 3.05) is 4.72 Å². The molecule has 0 atom stereocenters. The number of anilines is 1. The standard InChI is InChI=1S/C12H8Cl2FNO3S/c13-10-4-7(15)5-11(14)12(10)16-20(18,19)9-3-1-2-8(17)6-9/h1-6,16-17H. The number of rotatable bonds is 3. The van der Waals surface area contributed by atoms with Gasteiger partial charge in [-0.3, -0.25) is 4.72 Å². The molecule has 4 nitrogen and oxygen atoms in total. The molecule has 2 aromatic rings. The zero-order valence-corrected chi connectivity index (χ0v) is 12.1. The Morgan fingerprint density at radius 3 is 2.25 bits per heavy atom. The number of halogens is 3. The van der Waals surface area contributed by atoms with Crippen molar-refractivity contribution in [1.82, 2.24) is 0 Å². The topological polar surface area (TPSA) is 66.4 Å². The quantitative estimate of drug-likeness (QED) is 0.899. The molecule has 0 amide bonds. The van der Waals surface area contributed by atoms with Crippen LogP contribution in [0.2, 0.25) is 10.0 Å². The van der Waals surface area contributed by atoms with Crippen LogP contribution in [0.5, 0.6) is 5.75 Å². The molecule has 0 spiro atoms. The predicted octanol–water partition coefficient (Wildman–Crippen LogP) is 3.64. The third kappa shape index (κ3) is 3.15. The molecule has 0 saturated heterocycles. The predicted molar refractivity (Wildman–Crippen MR) is 75.3 cm³/mol. The fourth-order valence-corrected chi connectivity index (χ4v) is 3.29. The minimum absolute atomic E-state index is 0.127. The van der Waals surface area contributed by atoms with Crippen LogP contribution in [0.25, 0.3) is 0 Å². The molecule has 0 aliphatic heterocycles. The molecule has 0 aliphatic carbocycles. The minimum Gasteiger partial charge on any atom is -0.508 e. The Balaban J connectivity index is 2.44. The van der Waals surface area contributed by atoms with E-state index in [9.17, 15) is 17.9 Å². The van der Waals surface area contributed by atoms with Gasteiger partial charge in [-0.1, -0.05) is 29.3 Å². The van der Waals surface area contributed by atoms with Crippen LogP contribution in [-0.2, 0) is 10.0 Å². The van der Waals surface area contributed by atoms with E-state index in [1.165, 1.54) is 18.2 Å². The molecular weight excluding hydrogens is 328 g/mol. The SMILES string of the molecule is O=S(=O)(Nc1c(Cl)cc(F)cc1Cl)c1cccc(O)c1.